The minimum Gasteiger partial charge on any atom is -0.490 e. The van der Waals surface area contributed by atoms with Crippen molar-refractivity contribution in [2.75, 3.05) is 30.5 Å². The molecule has 0 unspecified atom stereocenters. The van der Waals surface area contributed by atoms with E-state index in [0.29, 0.717) is 61.1 Å². The van der Waals surface area contributed by atoms with Crippen LogP contribution in [0.3, 0.4) is 0 Å². The Hall–Kier alpha value is -9.31. The van der Waals surface area contributed by atoms with Crippen LogP contribution in [0, 0.1) is 0 Å². The topological polar surface area (TPSA) is 290 Å². The van der Waals surface area contributed by atoms with Crippen molar-refractivity contribution in [1.82, 2.24) is 38.9 Å². The zero-order valence-electron chi connectivity index (χ0n) is 52.6. The molecule has 15 rings (SSSR count). The van der Waals surface area contributed by atoms with E-state index in [-0.39, 0.29) is 83.4 Å². The van der Waals surface area contributed by atoms with Gasteiger partial charge in [-0.25, -0.2) is 43.6 Å². The maximum absolute atomic E-state index is 13.4. The van der Waals surface area contributed by atoms with E-state index in [9.17, 15) is 54.0 Å². The Labute approximate surface area is 556 Å². The first kappa shape index (κ1) is 65.4. The Morgan fingerprint density at radius 2 is 0.823 bits per heavy atom. The first-order chi connectivity index (χ1) is 46.2. The van der Waals surface area contributed by atoms with Crippen LogP contribution >= 0.6 is 0 Å². The van der Waals surface area contributed by atoms with E-state index in [1.54, 1.807) is 91.0 Å². The van der Waals surface area contributed by atoms with Crippen LogP contribution in [0.15, 0.2) is 154 Å². The molecule has 96 heavy (non-hydrogen) atoms. The smallest absolute Gasteiger partial charge is 0.324 e. The van der Waals surface area contributed by atoms with Crippen LogP contribution in [0.25, 0.3) is 10.9 Å². The third kappa shape index (κ3) is 14.4. The van der Waals surface area contributed by atoms with E-state index in [4.69, 9.17) is 14.2 Å². The molecule has 1 aromatic heterocycles. The molecule has 6 aromatic carbocycles. The van der Waals surface area contributed by atoms with Crippen molar-refractivity contribution in [2.24, 2.45) is 0 Å². The van der Waals surface area contributed by atoms with E-state index in [2.05, 4.69) is 16.0 Å². The molecule has 6 fully saturated rings. The lowest BCUT2D eigenvalue weighted by Crippen LogP contribution is -2.29. The maximum atomic E-state index is 13.4. The third-order valence-corrected chi connectivity index (χ3v) is 23.7. The fourth-order valence-electron chi connectivity index (χ4n) is 13.5. The predicted octanol–water partition coefficient (Wildman–Crippen LogP) is 8.83. The number of rotatable bonds is 18. The molecule has 0 radical (unpaired) electrons. The zero-order valence-corrected chi connectivity index (χ0v) is 55.0. The summed E-state index contributed by atoms with van der Waals surface area (Å²) in [5.74, 6) is 0.796. The number of anilines is 1. The van der Waals surface area contributed by atoms with E-state index >= 15 is 0 Å². The van der Waals surface area contributed by atoms with E-state index in [1.165, 1.54) is 33.5 Å². The van der Waals surface area contributed by atoms with E-state index < -0.39 is 48.2 Å². The number of nitrogens with zero attached hydrogens (tertiary/aromatic N) is 6. The first-order valence-electron chi connectivity index (χ1n) is 32.4. The number of amides is 9. The van der Waals surface area contributed by atoms with Gasteiger partial charge < -0.3 is 28.9 Å². The number of urea groups is 3. The van der Waals surface area contributed by atoms with Crippen molar-refractivity contribution in [2.45, 2.75) is 149 Å². The number of ether oxygens (including phenoxy) is 3. The largest absolute Gasteiger partial charge is 0.490 e. The summed E-state index contributed by atoms with van der Waals surface area (Å²) < 4.78 is 102. The first-order valence-corrected chi connectivity index (χ1v) is 36.7. The molecule has 502 valence electrons. The Morgan fingerprint density at radius 3 is 1.29 bits per heavy atom. The number of fused-ring (bicyclic) bond motifs is 3. The molecule has 3 aliphatic carbocycles. The number of hydrogen-bond donors (Lipinski definition) is 3. The lowest BCUT2D eigenvalue weighted by Gasteiger charge is -2.21. The highest BCUT2D eigenvalue weighted by Gasteiger charge is 2.36. The molecular weight excluding hydrogens is 1290 g/mol. The number of nitrogens with one attached hydrogen (secondary N) is 3. The average molecular weight is 1360 g/mol. The van der Waals surface area contributed by atoms with Gasteiger partial charge in [-0.05, 0) is 178 Å². The molecule has 0 spiro atoms. The summed E-state index contributed by atoms with van der Waals surface area (Å²) >= 11 is 0. The van der Waals surface area contributed by atoms with Crippen LogP contribution in [0.4, 0.5) is 20.1 Å². The number of hydrogen-bond acceptors (Lipinski definition) is 15. The normalized spacial score (nSPS) is 18.5. The van der Waals surface area contributed by atoms with Crippen LogP contribution in [0.5, 0.6) is 17.2 Å². The van der Waals surface area contributed by atoms with Crippen molar-refractivity contribution in [1.29, 1.82) is 0 Å². The second kappa shape index (κ2) is 27.4. The standard InChI is InChI=1S/2C23H25N3O5S.C23H23N3O5S/c27-22-15-25(23(28)24-22)12-16-8-9-17-13-26(14-18(17)10-16)32(29,30)21-7-3-6-20(11-21)31-19-4-1-2-5-19;2*27-22-15-25(23(28)24-22)14-16-8-9-21-17(12-16)10-11-26(21)32(29,30)20-7-3-6-19(13-20)31-18-4-1-2-5-18/h3,6-11,19H,1-2,4-5,12-15H2,(H,24,27,28);3,6-9,12-13,18H,1-2,4-5,10-11,14-15H2,(H,24,27,28);3,6-13,18H,1-2,4-5,14-15H2,(H,24,27,28). The maximum Gasteiger partial charge on any atom is 0.324 e. The number of carbonyl (C=O) groups is 6. The fraction of sp³-hybridized carbons (Fsp3) is 0.362. The van der Waals surface area contributed by atoms with Crippen LogP contribution < -0.4 is 34.5 Å². The summed E-state index contributed by atoms with van der Waals surface area (Å²) in [6.45, 7) is 1.90. The van der Waals surface area contributed by atoms with Gasteiger partial charge in [-0.3, -0.25) is 34.6 Å². The van der Waals surface area contributed by atoms with Crippen molar-refractivity contribution in [3.8, 4) is 17.2 Å². The molecular formula is C69H73N9O15S3. The van der Waals surface area contributed by atoms with E-state index in [1.807, 2.05) is 42.5 Å². The van der Waals surface area contributed by atoms with Crippen molar-refractivity contribution in [3.63, 3.8) is 0 Å². The molecule has 3 saturated heterocycles. The lowest BCUT2D eigenvalue weighted by molar-refractivity contribution is -0.119. The second-order valence-electron chi connectivity index (χ2n) is 25.3. The second-order valence-corrected chi connectivity index (χ2v) is 30.9. The third-order valence-electron chi connectivity index (χ3n) is 18.4. The summed E-state index contributed by atoms with van der Waals surface area (Å²) in [5.41, 5.74) is 6.49. The summed E-state index contributed by atoms with van der Waals surface area (Å²) in [5, 5.41) is 7.50. The molecule has 6 heterocycles. The van der Waals surface area contributed by atoms with Gasteiger partial charge in [-0.1, -0.05) is 54.6 Å². The Kier molecular flexibility index (Phi) is 18.7. The Morgan fingerprint density at radius 1 is 0.406 bits per heavy atom. The fourth-order valence-corrected chi connectivity index (χ4v) is 17.9. The summed E-state index contributed by atoms with van der Waals surface area (Å²) in [4.78, 5) is 74.4. The quantitative estimate of drug-likeness (QED) is 0.0676. The molecule has 0 bridgehead atoms. The predicted molar refractivity (Wildman–Crippen MR) is 352 cm³/mol. The Balaban J connectivity index is 0.000000130. The van der Waals surface area contributed by atoms with Crippen LogP contribution in [0.2, 0.25) is 0 Å². The average Bonchev–Trinajstić information content (AvgIpc) is 1.56. The van der Waals surface area contributed by atoms with Gasteiger partial charge in [-0.15, -0.1) is 0 Å². The van der Waals surface area contributed by atoms with Gasteiger partial charge in [0.1, 0.15) is 36.9 Å². The van der Waals surface area contributed by atoms with Gasteiger partial charge in [-0.2, -0.15) is 4.31 Å². The molecule has 0 atom stereocenters. The number of aromatic nitrogens is 1. The van der Waals surface area contributed by atoms with Crippen LogP contribution in [-0.2, 0) is 83.6 Å². The number of benzene rings is 6. The van der Waals surface area contributed by atoms with Crippen LogP contribution in [0.1, 0.15) is 110 Å². The molecule has 3 N–H and O–H groups in total. The van der Waals surface area contributed by atoms with Gasteiger partial charge in [0.15, 0.2) is 0 Å². The molecule has 27 heteroatoms. The van der Waals surface area contributed by atoms with Crippen molar-refractivity contribution in [3.05, 3.63) is 173 Å². The minimum atomic E-state index is -3.81. The van der Waals surface area contributed by atoms with Gasteiger partial charge in [0, 0.05) is 69.1 Å². The molecule has 9 amide bonds. The lowest BCUT2D eigenvalue weighted by atomic mass is 10.1. The summed E-state index contributed by atoms with van der Waals surface area (Å²) in [6, 6.07) is 37.1. The van der Waals surface area contributed by atoms with Crippen molar-refractivity contribution < 1.29 is 68.2 Å². The van der Waals surface area contributed by atoms with Gasteiger partial charge in [0.25, 0.3) is 20.0 Å². The van der Waals surface area contributed by atoms with Gasteiger partial charge in [0.2, 0.25) is 27.7 Å². The molecule has 5 aliphatic heterocycles. The van der Waals surface area contributed by atoms with Gasteiger partial charge >= 0.3 is 18.1 Å². The summed E-state index contributed by atoms with van der Waals surface area (Å²) in [6.07, 6.45) is 15.5. The monoisotopic (exact) mass is 1360 g/mol. The zero-order chi connectivity index (χ0) is 66.9. The summed E-state index contributed by atoms with van der Waals surface area (Å²) in [7, 11) is -11.2. The molecule has 24 nitrogen and oxygen atoms in total. The van der Waals surface area contributed by atoms with E-state index in [0.717, 1.165) is 116 Å². The van der Waals surface area contributed by atoms with Crippen LogP contribution in [-0.4, -0.2) is 129 Å². The van der Waals surface area contributed by atoms with Crippen molar-refractivity contribution >= 4 is 82.5 Å². The highest BCUT2D eigenvalue weighted by Crippen LogP contribution is 2.37. The Bertz CT molecular complexity index is 4560. The highest BCUT2D eigenvalue weighted by atomic mass is 32.2. The SMILES string of the molecule is O=C1CN(Cc2ccc3c(c2)CCN3S(=O)(=O)c2cccc(OC3CCCC3)c2)C(=O)N1.O=C1CN(Cc2ccc3c(c2)CN(S(=O)(=O)c2cccc(OC4CCCC4)c2)C3)C(=O)N1.O=C1CN(Cc2ccc3c(ccn3S(=O)(=O)c3cccc(OC4CCCC4)c3)c2)C(=O)N1. The number of imide groups is 3. The molecule has 3 saturated carbocycles. The highest BCUT2D eigenvalue weighted by molar-refractivity contribution is 7.93. The number of carbonyl (C=O) groups excluding carboxylic acids is 6. The van der Waals surface area contributed by atoms with Gasteiger partial charge in [0.05, 0.1) is 44.2 Å². The molecule has 8 aliphatic rings. The number of sulfonamides is 2. The molecule has 7 aromatic rings. The minimum absolute atomic E-state index is 0.0194.